The highest BCUT2D eigenvalue weighted by molar-refractivity contribution is 5.89. The number of carbonyl (C=O) groups excluding carboxylic acids is 1. The minimum atomic E-state index is -0.170. The molecule has 2 N–H and O–H groups in total. The summed E-state index contributed by atoms with van der Waals surface area (Å²) >= 11 is 0. The van der Waals surface area contributed by atoms with E-state index in [4.69, 9.17) is 4.74 Å². The third kappa shape index (κ3) is 3.61. The van der Waals surface area contributed by atoms with Crippen LogP contribution in [0.4, 0.5) is 16.2 Å². The summed E-state index contributed by atoms with van der Waals surface area (Å²) in [5, 5.41) is 5.49. The number of nitrogens with zero attached hydrogens (tertiary/aromatic N) is 1. The van der Waals surface area contributed by atoms with E-state index >= 15 is 0 Å². The first-order chi connectivity index (χ1) is 9.22. The van der Waals surface area contributed by atoms with Crippen molar-refractivity contribution in [1.82, 2.24) is 5.32 Å². The van der Waals surface area contributed by atoms with Crippen molar-refractivity contribution in [3.05, 3.63) is 24.3 Å². The molecule has 104 valence electrons. The van der Waals surface area contributed by atoms with Crippen molar-refractivity contribution >= 4 is 17.4 Å². The fourth-order valence-corrected chi connectivity index (χ4v) is 2.25. The lowest BCUT2D eigenvalue weighted by atomic mass is 10.2. The fraction of sp³-hybridized carbons (Fsp3) is 0.500. The van der Waals surface area contributed by atoms with E-state index in [-0.39, 0.29) is 6.03 Å². The predicted molar refractivity (Wildman–Crippen MR) is 76.8 cm³/mol. The topological polar surface area (TPSA) is 53.6 Å². The highest BCUT2D eigenvalue weighted by atomic mass is 16.5. The molecule has 1 aliphatic heterocycles. The largest absolute Gasteiger partial charge is 0.380 e. The molecule has 1 aromatic rings. The Hall–Kier alpha value is -1.75. The molecule has 0 spiro atoms. The summed E-state index contributed by atoms with van der Waals surface area (Å²) in [4.78, 5) is 13.7. The molecule has 2 rings (SSSR count). The van der Waals surface area contributed by atoms with Gasteiger partial charge in [0.2, 0.25) is 0 Å². The molecule has 1 fully saturated rings. The molecule has 5 nitrogen and oxygen atoms in total. The van der Waals surface area contributed by atoms with Crippen molar-refractivity contribution in [3.63, 3.8) is 0 Å². The van der Waals surface area contributed by atoms with Crippen LogP contribution in [-0.2, 0) is 4.74 Å². The van der Waals surface area contributed by atoms with Gasteiger partial charge in [0.05, 0.1) is 6.10 Å². The average Bonchev–Trinajstić information content (AvgIpc) is 2.88. The van der Waals surface area contributed by atoms with Crippen molar-refractivity contribution in [2.24, 2.45) is 0 Å². The van der Waals surface area contributed by atoms with Crippen molar-refractivity contribution in [2.75, 3.05) is 37.0 Å². The first-order valence-corrected chi connectivity index (χ1v) is 6.65. The van der Waals surface area contributed by atoms with Crippen LogP contribution in [0.5, 0.6) is 0 Å². The molecule has 1 aliphatic rings. The summed E-state index contributed by atoms with van der Waals surface area (Å²) in [6.07, 6.45) is 1.39. The number of hydrogen-bond donors (Lipinski definition) is 2. The average molecular weight is 263 g/mol. The number of carbonyl (C=O) groups is 1. The summed E-state index contributed by atoms with van der Waals surface area (Å²) in [6, 6.07) is 7.73. The molecule has 0 aliphatic carbocycles. The van der Waals surface area contributed by atoms with Gasteiger partial charge in [-0.2, -0.15) is 0 Å². The van der Waals surface area contributed by atoms with Crippen LogP contribution in [0.25, 0.3) is 0 Å². The van der Waals surface area contributed by atoms with E-state index in [1.54, 1.807) is 7.11 Å². The molecule has 0 radical (unpaired) electrons. The van der Waals surface area contributed by atoms with E-state index < -0.39 is 0 Å². The van der Waals surface area contributed by atoms with Gasteiger partial charge in [0, 0.05) is 38.1 Å². The van der Waals surface area contributed by atoms with Crippen molar-refractivity contribution in [1.29, 1.82) is 0 Å². The summed E-state index contributed by atoms with van der Waals surface area (Å²) in [7, 11) is 1.76. The maximum Gasteiger partial charge on any atom is 0.319 e. The Morgan fingerprint density at radius 3 is 2.74 bits per heavy atom. The second-order valence-electron chi connectivity index (χ2n) is 4.62. The fourth-order valence-electron chi connectivity index (χ4n) is 2.25. The lowest BCUT2D eigenvalue weighted by molar-refractivity contribution is 0.121. The molecule has 0 saturated carbocycles. The first kappa shape index (κ1) is 13.7. The molecule has 1 heterocycles. The number of ether oxygens (including phenoxy) is 1. The minimum absolute atomic E-state index is 0.170. The second-order valence-corrected chi connectivity index (χ2v) is 4.62. The second kappa shape index (κ2) is 6.43. The smallest absolute Gasteiger partial charge is 0.319 e. The number of rotatable bonds is 4. The van der Waals surface area contributed by atoms with Gasteiger partial charge in [0.1, 0.15) is 0 Å². The maximum atomic E-state index is 11.4. The number of hydrogen-bond acceptors (Lipinski definition) is 3. The van der Waals surface area contributed by atoms with Crippen LogP contribution in [0, 0.1) is 0 Å². The van der Waals surface area contributed by atoms with Gasteiger partial charge in [-0.05, 0) is 37.6 Å². The monoisotopic (exact) mass is 263 g/mol. The van der Waals surface area contributed by atoms with Crippen LogP contribution < -0.4 is 15.5 Å². The number of amides is 2. The predicted octanol–water partition coefficient (Wildman–Crippen LogP) is 2.05. The minimum Gasteiger partial charge on any atom is -0.380 e. The summed E-state index contributed by atoms with van der Waals surface area (Å²) < 4.78 is 5.36. The zero-order chi connectivity index (χ0) is 13.7. The molecule has 0 aromatic heterocycles. The quantitative estimate of drug-likeness (QED) is 0.874. The lowest BCUT2D eigenvalue weighted by Gasteiger charge is -2.18. The SMILES string of the molecule is CCNC(=O)Nc1ccc(N2CCC(OC)C2)cc1. The Morgan fingerprint density at radius 2 is 2.16 bits per heavy atom. The highest BCUT2D eigenvalue weighted by Gasteiger charge is 2.21. The van der Waals surface area contributed by atoms with Crippen molar-refractivity contribution in [3.8, 4) is 0 Å². The molecular weight excluding hydrogens is 242 g/mol. The van der Waals surface area contributed by atoms with Gasteiger partial charge in [-0.3, -0.25) is 0 Å². The number of urea groups is 1. The van der Waals surface area contributed by atoms with E-state index in [0.717, 1.165) is 25.2 Å². The molecule has 2 amide bonds. The van der Waals surface area contributed by atoms with E-state index in [1.807, 2.05) is 31.2 Å². The normalized spacial score (nSPS) is 18.4. The van der Waals surface area contributed by atoms with Crippen molar-refractivity contribution < 1.29 is 9.53 Å². The zero-order valence-electron chi connectivity index (χ0n) is 11.5. The van der Waals surface area contributed by atoms with Gasteiger partial charge < -0.3 is 20.3 Å². The van der Waals surface area contributed by atoms with E-state index in [2.05, 4.69) is 15.5 Å². The Kier molecular flexibility index (Phi) is 4.63. The molecule has 1 unspecified atom stereocenters. The number of anilines is 2. The summed E-state index contributed by atoms with van der Waals surface area (Å²) in [5.41, 5.74) is 1.97. The van der Waals surface area contributed by atoms with E-state index in [9.17, 15) is 4.79 Å². The number of methoxy groups -OCH3 is 1. The van der Waals surface area contributed by atoms with Gasteiger partial charge in [-0.1, -0.05) is 0 Å². The van der Waals surface area contributed by atoms with Gasteiger partial charge in [0.25, 0.3) is 0 Å². The Balaban J connectivity index is 1.93. The van der Waals surface area contributed by atoms with Crippen LogP contribution >= 0.6 is 0 Å². The maximum absolute atomic E-state index is 11.4. The summed E-state index contributed by atoms with van der Waals surface area (Å²) in [5.74, 6) is 0. The Morgan fingerprint density at radius 1 is 1.42 bits per heavy atom. The third-order valence-electron chi connectivity index (χ3n) is 3.31. The Bertz CT molecular complexity index is 419. The van der Waals surface area contributed by atoms with Crippen LogP contribution in [0.3, 0.4) is 0 Å². The lowest BCUT2D eigenvalue weighted by Crippen LogP contribution is -2.28. The highest BCUT2D eigenvalue weighted by Crippen LogP contribution is 2.23. The van der Waals surface area contributed by atoms with Crippen LogP contribution in [0.15, 0.2) is 24.3 Å². The first-order valence-electron chi connectivity index (χ1n) is 6.65. The molecule has 19 heavy (non-hydrogen) atoms. The van der Waals surface area contributed by atoms with Gasteiger partial charge in [-0.25, -0.2) is 4.79 Å². The van der Waals surface area contributed by atoms with Crippen LogP contribution in [0.2, 0.25) is 0 Å². The van der Waals surface area contributed by atoms with Crippen LogP contribution in [0.1, 0.15) is 13.3 Å². The van der Waals surface area contributed by atoms with Gasteiger partial charge >= 0.3 is 6.03 Å². The van der Waals surface area contributed by atoms with E-state index in [0.29, 0.717) is 12.6 Å². The third-order valence-corrected chi connectivity index (χ3v) is 3.31. The van der Waals surface area contributed by atoms with Gasteiger partial charge in [-0.15, -0.1) is 0 Å². The molecular formula is C14H21N3O2. The van der Waals surface area contributed by atoms with E-state index in [1.165, 1.54) is 5.69 Å². The number of benzene rings is 1. The van der Waals surface area contributed by atoms with Crippen LogP contribution in [-0.4, -0.2) is 38.9 Å². The molecule has 1 atom stereocenters. The summed E-state index contributed by atoms with van der Waals surface area (Å²) in [6.45, 7) is 4.46. The van der Waals surface area contributed by atoms with Crippen molar-refractivity contribution in [2.45, 2.75) is 19.4 Å². The molecule has 1 aromatic carbocycles. The molecule has 0 bridgehead atoms. The van der Waals surface area contributed by atoms with Gasteiger partial charge in [0.15, 0.2) is 0 Å². The Labute approximate surface area is 113 Å². The molecule has 5 heteroatoms. The number of nitrogens with one attached hydrogen (secondary N) is 2. The zero-order valence-corrected chi connectivity index (χ0v) is 11.5. The molecule has 1 saturated heterocycles. The standard InChI is InChI=1S/C14H21N3O2/c1-3-15-14(18)16-11-4-6-12(7-5-11)17-9-8-13(10-17)19-2/h4-7,13H,3,8-10H2,1-2H3,(H2,15,16,18).